The van der Waals surface area contributed by atoms with E-state index in [2.05, 4.69) is 10.5 Å². The van der Waals surface area contributed by atoms with E-state index in [1.807, 2.05) is 0 Å². The summed E-state index contributed by atoms with van der Waals surface area (Å²) in [7, 11) is 0. The molecule has 1 aromatic rings. The molecule has 0 atom stereocenters. The van der Waals surface area contributed by atoms with E-state index in [0.29, 0.717) is 0 Å². The molecular formula is C11H7F3N2O2S. The average Bonchev–Trinajstić information content (AvgIpc) is 2.70. The van der Waals surface area contributed by atoms with Gasteiger partial charge >= 0.3 is 6.18 Å². The second kappa shape index (κ2) is 4.96. The Morgan fingerprint density at radius 2 is 2.00 bits per heavy atom. The van der Waals surface area contributed by atoms with Gasteiger partial charge in [-0.1, -0.05) is 23.4 Å². The number of hydrogen-bond donors (Lipinski definition) is 2. The van der Waals surface area contributed by atoms with E-state index in [0.717, 1.165) is 23.9 Å². The Kier molecular flexibility index (Phi) is 3.52. The van der Waals surface area contributed by atoms with Crippen molar-refractivity contribution in [1.82, 2.24) is 5.32 Å². The fraction of sp³-hybridized carbons (Fsp3) is 0.0909. The third-order valence-electron chi connectivity index (χ3n) is 2.29. The number of benzene rings is 1. The highest BCUT2D eigenvalue weighted by Crippen LogP contribution is 2.34. The first-order valence-corrected chi connectivity index (χ1v) is 5.82. The maximum Gasteiger partial charge on any atom is 0.416 e. The summed E-state index contributed by atoms with van der Waals surface area (Å²) in [6.45, 7) is 0. The molecule has 1 saturated heterocycles. The van der Waals surface area contributed by atoms with Crippen LogP contribution >= 0.6 is 11.8 Å². The van der Waals surface area contributed by atoms with Crippen LogP contribution in [0.3, 0.4) is 0 Å². The average molecular weight is 288 g/mol. The molecule has 0 unspecified atom stereocenters. The molecule has 0 radical (unpaired) electrons. The highest BCUT2D eigenvalue weighted by molar-refractivity contribution is 8.18. The number of hydrogen-bond acceptors (Lipinski definition) is 4. The predicted octanol–water partition coefficient (Wildman–Crippen LogP) is 2.65. The predicted molar refractivity (Wildman–Crippen MR) is 64.4 cm³/mol. The number of halogens is 3. The molecule has 1 aliphatic heterocycles. The number of nitrogens with zero attached hydrogens (tertiary/aromatic N) is 1. The van der Waals surface area contributed by atoms with Crippen molar-refractivity contribution in [2.75, 3.05) is 0 Å². The van der Waals surface area contributed by atoms with Crippen molar-refractivity contribution in [3.8, 4) is 0 Å². The van der Waals surface area contributed by atoms with Gasteiger partial charge in [0.1, 0.15) is 0 Å². The van der Waals surface area contributed by atoms with Gasteiger partial charge < -0.3 is 5.21 Å². The zero-order chi connectivity index (χ0) is 14.0. The van der Waals surface area contributed by atoms with Crippen LogP contribution in [0.2, 0.25) is 0 Å². The van der Waals surface area contributed by atoms with Gasteiger partial charge in [-0.2, -0.15) is 13.2 Å². The van der Waals surface area contributed by atoms with Crippen LogP contribution in [0.15, 0.2) is 34.3 Å². The topological polar surface area (TPSA) is 61.7 Å². The molecule has 8 heteroatoms. The largest absolute Gasteiger partial charge is 0.416 e. The third kappa shape index (κ3) is 2.90. The van der Waals surface area contributed by atoms with Gasteiger partial charge in [-0.3, -0.25) is 10.1 Å². The SMILES string of the molecule is O=C1NC(=NO)S/C1=C\c1ccccc1C(F)(F)F. The van der Waals surface area contributed by atoms with Crippen LogP contribution in [0.1, 0.15) is 11.1 Å². The van der Waals surface area contributed by atoms with Crippen LogP contribution in [0, 0.1) is 0 Å². The Morgan fingerprint density at radius 1 is 1.32 bits per heavy atom. The van der Waals surface area contributed by atoms with Gasteiger partial charge in [-0.15, -0.1) is 0 Å². The Balaban J connectivity index is 2.42. The van der Waals surface area contributed by atoms with Crippen molar-refractivity contribution in [3.05, 3.63) is 40.3 Å². The molecule has 1 amide bonds. The lowest BCUT2D eigenvalue weighted by Crippen LogP contribution is -2.19. The number of rotatable bonds is 1. The second-order valence-corrected chi connectivity index (χ2v) is 4.59. The highest BCUT2D eigenvalue weighted by Gasteiger charge is 2.33. The number of carbonyl (C=O) groups is 1. The van der Waals surface area contributed by atoms with Crippen molar-refractivity contribution >= 4 is 28.9 Å². The zero-order valence-corrected chi connectivity index (χ0v) is 10.0. The lowest BCUT2D eigenvalue weighted by atomic mass is 10.1. The number of alkyl halides is 3. The Bertz CT molecular complexity index is 582. The van der Waals surface area contributed by atoms with E-state index in [1.165, 1.54) is 18.2 Å². The first-order valence-electron chi connectivity index (χ1n) is 5.01. The van der Waals surface area contributed by atoms with Crippen LogP contribution in [-0.4, -0.2) is 16.3 Å². The van der Waals surface area contributed by atoms with Gasteiger partial charge in [0, 0.05) is 0 Å². The molecule has 19 heavy (non-hydrogen) atoms. The van der Waals surface area contributed by atoms with E-state index in [-0.39, 0.29) is 15.6 Å². The summed E-state index contributed by atoms with van der Waals surface area (Å²) < 4.78 is 38.3. The summed E-state index contributed by atoms with van der Waals surface area (Å²) >= 11 is 0.766. The van der Waals surface area contributed by atoms with Gasteiger partial charge in [0.15, 0.2) is 0 Å². The smallest absolute Gasteiger partial charge is 0.409 e. The summed E-state index contributed by atoms with van der Waals surface area (Å²) in [6, 6.07) is 4.91. The Morgan fingerprint density at radius 3 is 2.58 bits per heavy atom. The van der Waals surface area contributed by atoms with Crippen LogP contribution < -0.4 is 5.32 Å². The molecule has 0 bridgehead atoms. The summed E-state index contributed by atoms with van der Waals surface area (Å²) in [6.07, 6.45) is -3.39. The zero-order valence-electron chi connectivity index (χ0n) is 9.23. The van der Waals surface area contributed by atoms with E-state index < -0.39 is 17.6 Å². The van der Waals surface area contributed by atoms with Gasteiger partial charge in [-0.25, -0.2) is 0 Å². The van der Waals surface area contributed by atoms with E-state index in [1.54, 1.807) is 0 Å². The number of nitrogens with one attached hydrogen (secondary N) is 1. The van der Waals surface area contributed by atoms with Crippen molar-refractivity contribution in [3.63, 3.8) is 0 Å². The minimum absolute atomic E-state index is 0.0319. The third-order valence-corrected chi connectivity index (χ3v) is 3.19. The van der Waals surface area contributed by atoms with Crippen LogP contribution in [0.5, 0.6) is 0 Å². The second-order valence-electron chi connectivity index (χ2n) is 3.55. The van der Waals surface area contributed by atoms with Gasteiger partial charge in [0.2, 0.25) is 5.17 Å². The monoisotopic (exact) mass is 288 g/mol. The first kappa shape index (κ1) is 13.5. The number of oxime groups is 1. The van der Waals surface area contributed by atoms with Crippen molar-refractivity contribution in [2.45, 2.75) is 6.18 Å². The molecule has 1 aromatic carbocycles. The molecule has 0 spiro atoms. The standard InChI is InChI=1S/C11H7F3N2O2S/c12-11(13,14)7-4-2-1-3-6(7)5-8-9(17)15-10(16-18)19-8/h1-5,18H,(H,15,16,17)/b8-5-. The lowest BCUT2D eigenvalue weighted by Gasteiger charge is -2.09. The van der Waals surface area contributed by atoms with E-state index in [4.69, 9.17) is 5.21 Å². The van der Waals surface area contributed by atoms with Crippen LogP contribution in [0.25, 0.3) is 6.08 Å². The Hall–Kier alpha value is -1.96. The Labute approximate surface area is 110 Å². The van der Waals surface area contributed by atoms with Gasteiger partial charge in [0.25, 0.3) is 5.91 Å². The number of carbonyl (C=O) groups excluding carboxylic acids is 1. The number of amidine groups is 1. The molecular weight excluding hydrogens is 281 g/mol. The molecule has 0 aliphatic carbocycles. The van der Waals surface area contributed by atoms with E-state index >= 15 is 0 Å². The normalized spacial score (nSPS) is 20.1. The van der Waals surface area contributed by atoms with Crippen LogP contribution in [-0.2, 0) is 11.0 Å². The molecule has 1 fully saturated rings. The summed E-state index contributed by atoms with van der Waals surface area (Å²) in [5.41, 5.74) is -0.947. The van der Waals surface area contributed by atoms with Gasteiger partial charge in [0.05, 0.1) is 10.5 Å². The molecule has 100 valence electrons. The summed E-state index contributed by atoms with van der Waals surface area (Å²) in [5.74, 6) is -0.602. The maximum absolute atomic E-state index is 12.8. The maximum atomic E-state index is 12.8. The minimum Gasteiger partial charge on any atom is -0.409 e. The molecule has 1 heterocycles. The summed E-state index contributed by atoms with van der Waals surface area (Å²) in [5, 5.41) is 13.4. The first-order chi connectivity index (χ1) is 8.91. The van der Waals surface area contributed by atoms with Crippen LogP contribution in [0.4, 0.5) is 13.2 Å². The van der Waals surface area contributed by atoms with Crippen molar-refractivity contribution in [1.29, 1.82) is 0 Å². The molecule has 1 aliphatic rings. The molecule has 0 saturated carbocycles. The minimum atomic E-state index is -4.50. The van der Waals surface area contributed by atoms with Crippen molar-refractivity contribution in [2.24, 2.45) is 5.16 Å². The van der Waals surface area contributed by atoms with E-state index in [9.17, 15) is 18.0 Å². The highest BCUT2D eigenvalue weighted by atomic mass is 32.2. The molecule has 4 nitrogen and oxygen atoms in total. The molecule has 2 rings (SSSR count). The fourth-order valence-electron chi connectivity index (χ4n) is 1.50. The fourth-order valence-corrected chi connectivity index (χ4v) is 2.22. The molecule has 0 aromatic heterocycles. The number of amides is 1. The van der Waals surface area contributed by atoms with Crippen molar-refractivity contribution < 1.29 is 23.2 Å². The number of thioether (sulfide) groups is 1. The summed E-state index contributed by atoms with van der Waals surface area (Å²) in [4.78, 5) is 11.5. The van der Waals surface area contributed by atoms with Gasteiger partial charge in [-0.05, 0) is 29.5 Å². The molecule has 2 N–H and O–H groups in total. The quantitative estimate of drug-likeness (QED) is 0.474. The lowest BCUT2D eigenvalue weighted by molar-refractivity contribution is -0.137.